The topological polar surface area (TPSA) is 63.1 Å². The molecule has 3 heterocycles. The van der Waals surface area contributed by atoms with Crippen LogP contribution in [-0.2, 0) is 11.8 Å². The van der Waals surface area contributed by atoms with Crippen molar-refractivity contribution in [2.24, 2.45) is 7.05 Å². The lowest BCUT2D eigenvalue weighted by Crippen LogP contribution is -2.18. The highest BCUT2D eigenvalue weighted by Gasteiger charge is 2.14. The first-order valence-corrected chi connectivity index (χ1v) is 10.8. The number of nitrogens with one attached hydrogen (secondary N) is 1. The summed E-state index contributed by atoms with van der Waals surface area (Å²) in [4.78, 5) is 15.7. The van der Waals surface area contributed by atoms with Crippen molar-refractivity contribution in [3.05, 3.63) is 41.8 Å². The van der Waals surface area contributed by atoms with Crippen LogP contribution >= 0.6 is 23.1 Å². The molecule has 0 saturated carbocycles. The van der Waals surface area contributed by atoms with Gasteiger partial charge in [0.15, 0.2) is 11.0 Å². The van der Waals surface area contributed by atoms with Crippen molar-refractivity contribution in [1.29, 1.82) is 0 Å². The molecule has 140 valence electrons. The molecule has 0 unspecified atom stereocenters. The van der Waals surface area contributed by atoms with Crippen LogP contribution in [0.4, 0.5) is 11.4 Å². The molecule has 1 amide bonds. The molecule has 1 saturated heterocycles. The van der Waals surface area contributed by atoms with Gasteiger partial charge < -0.3 is 14.8 Å². The maximum Gasteiger partial charge on any atom is 0.234 e. The minimum atomic E-state index is -0.0467. The lowest BCUT2D eigenvalue weighted by atomic mass is 10.2. The Morgan fingerprint density at radius 1 is 1.19 bits per heavy atom. The molecule has 1 aromatic carbocycles. The molecule has 3 aromatic rings. The Morgan fingerprint density at radius 2 is 1.96 bits per heavy atom. The maximum absolute atomic E-state index is 12.3. The first-order valence-electron chi connectivity index (χ1n) is 8.91. The second kappa shape index (κ2) is 8.14. The fraction of sp³-hybridized carbons (Fsp3) is 0.316. The highest BCUT2D eigenvalue weighted by molar-refractivity contribution is 7.99. The van der Waals surface area contributed by atoms with Gasteiger partial charge in [-0.1, -0.05) is 17.8 Å². The summed E-state index contributed by atoms with van der Waals surface area (Å²) in [7, 11) is 1.92. The predicted octanol–water partition coefficient (Wildman–Crippen LogP) is 3.87. The Kier molecular flexibility index (Phi) is 5.45. The fourth-order valence-electron chi connectivity index (χ4n) is 3.12. The second-order valence-electron chi connectivity index (χ2n) is 6.42. The molecule has 1 aliphatic heterocycles. The SMILES string of the molecule is Cn1c(SCC(=O)Nc2ccc(N3CCCC3)cc2)nnc1-c1cccs1. The van der Waals surface area contributed by atoms with Crippen molar-refractivity contribution in [3.8, 4) is 10.7 Å². The summed E-state index contributed by atoms with van der Waals surface area (Å²) in [6, 6.07) is 12.1. The largest absolute Gasteiger partial charge is 0.372 e. The quantitative estimate of drug-likeness (QED) is 0.638. The fourth-order valence-corrected chi connectivity index (χ4v) is 4.57. The molecule has 0 atom stereocenters. The van der Waals surface area contributed by atoms with Crippen LogP contribution in [-0.4, -0.2) is 39.5 Å². The number of thiophene rings is 1. The van der Waals surface area contributed by atoms with E-state index in [0.29, 0.717) is 5.75 Å². The third-order valence-electron chi connectivity index (χ3n) is 4.53. The molecule has 6 nitrogen and oxygen atoms in total. The summed E-state index contributed by atoms with van der Waals surface area (Å²) < 4.78 is 1.93. The highest BCUT2D eigenvalue weighted by atomic mass is 32.2. The van der Waals surface area contributed by atoms with E-state index >= 15 is 0 Å². The molecular formula is C19H21N5OS2. The van der Waals surface area contributed by atoms with E-state index in [1.807, 2.05) is 41.3 Å². The lowest BCUT2D eigenvalue weighted by molar-refractivity contribution is -0.113. The van der Waals surface area contributed by atoms with Gasteiger partial charge in [0, 0.05) is 31.5 Å². The smallest absolute Gasteiger partial charge is 0.234 e. The number of benzene rings is 1. The zero-order valence-corrected chi connectivity index (χ0v) is 16.7. The van der Waals surface area contributed by atoms with Crippen LogP contribution in [0, 0.1) is 0 Å². The first kappa shape index (κ1) is 18.1. The van der Waals surface area contributed by atoms with Gasteiger partial charge in [-0.2, -0.15) is 0 Å². The number of rotatable bonds is 6. The van der Waals surface area contributed by atoms with Crippen molar-refractivity contribution < 1.29 is 4.79 Å². The van der Waals surface area contributed by atoms with E-state index in [4.69, 9.17) is 0 Å². The van der Waals surface area contributed by atoms with E-state index in [0.717, 1.165) is 34.6 Å². The van der Waals surface area contributed by atoms with E-state index in [9.17, 15) is 4.79 Å². The van der Waals surface area contributed by atoms with E-state index in [1.165, 1.54) is 30.3 Å². The molecule has 27 heavy (non-hydrogen) atoms. The van der Waals surface area contributed by atoms with Gasteiger partial charge in [-0.05, 0) is 48.6 Å². The molecule has 1 N–H and O–H groups in total. The molecule has 8 heteroatoms. The minimum absolute atomic E-state index is 0.0467. The van der Waals surface area contributed by atoms with Crippen LogP contribution in [0.2, 0.25) is 0 Å². The summed E-state index contributed by atoms with van der Waals surface area (Å²) in [5.41, 5.74) is 2.04. The molecular weight excluding hydrogens is 378 g/mol. The monoisotopic (exact) mass is 399 g/mol. The Balaban J connectivity index is 1.32. The number of hydrogen-bond donors (Lipinski definition) is 1. The number of thioether (sulfide) groups is 1. The standard InChI is InChI=1S/C19H21N5OS2/c1-23-18(16-5-4-12-26-16)21-22-19(23)27-13-17(25)20-14-6-8-15(9-7-14)24-10-2-3-11-24/h4-9,12H,2-3,10-11,13H2,1H3,(H,20,25). The summed E-state index contributed by atoms with van der Waals surface area (Å²) in [5, 5.41) is 14.1. The number of amides is 1. The molecule has 1 fully saturated rings. The van der Waals surface area contributed by atoms with Crippen LogP contribution in [0.1, 0.15) is 12.8 Å². The van der Waals surface area contributed by atoms with Crippen LogP contribution in [0.3, 0.4) is 0 Å². The third-order valence-corrected chi connectivity index (χ3v) is 6.42. The van der Waals surface area contributed by atoms with Gasteiger partial charge in [0.25, 0.3) is 0 Å². The van der Waals surface area contributed by atoms with Crippen LogP contribution in [0.25, 0.3) is 10.7 Å². The van der Waals surface area contributed by atoms with E-state index in [-0.39, 0.29) is 5.91 Å². The van der Waals surface area contributed by atoms with Crippen LogP contribution in [0.15, 0.2) is 46.9 Å². The molecule has 0 spiro atoms. The molecule has 1 aliphatic rings. The number of nitrogens with zero attached hydrogens (tertiary/aromatic N) is 4. The lowest BCUT2D eigenvalue weighted by Gasteiger charge is -2.17. The number of carbonyl (C=O) groups is 1. The average molecular weight is 400 g/mol. The van der Waals surface area contributed by atoms with Crippen LogP contribution in [0.5, 0.6) is 0 Å². The van der Waals surface area contributed by atoms with Crippen molar-refractivity contribution >= 4 is 40.4 Å². The number of anilines is 2. The van der Waals surface area contributed by atoms with Gasteiger partial charge in [-0.3, -0.25) is 4.79 Å². The average Bonchev–Trinajstić information content (AvgIpc) is 3.43. The summed E-state index contributed by atoms with van der Waals surface area (Å²) >= 11 is 3.01. The first-order chi connectivity index (χ1) is 13.2. The van der Waals surface area contributed by atoms with Crippen molar-refractivity contribution in [3.63, 3.8) is 0 Å². The van der Waals surface area contributed by atoms with Crippen molar-refractivity contribution in [1.82, 2.24) is 14.8 Å². The Bertz CT molecular complexity index is 899. The highest BCUT2D eigenvalue weighted by Crippen LogP contribution is 2.26. The Hall–Kier alpha value is -2.32. The zero-order chi connectivity index (χ0) is 18.6. The zero-order valence-electron chi connectivity index (χ0n) is 15.1. The van der Waals surface area contributed by atoms with Gasteiger partial charge in [0.05, 0.1) is 10.6 Å². The normalized spacial score (nSPS) is 13.9. The predicted molar refractivity (Wildman–Crippen MR) is 112 cm³/mol. The molecule has 4 rings (SSSR count). The minimum Gasteiger partial charge on any atom is -0.372 e. The van der Waals surface area contributed by atoms with Gasteiger partial charge in [0.1, 0.15) is 0 Å². The second-order valence-corrected chi connectivity index (χ2v) is 8.31. The summed E-state index contributed by atoms with van der Waals surface area (Å²) in [6.07, 6.45) is 2.51. The Morgan fingerprint density at radius 3 is 2.67 bits per heavy atom. The van der Waals surface area contributed by atoms with E-state index < -0.39 is 0 Å². The van der Waals surface area contributed by atoms with Crippen LogP contribution < -0.4 is 10.2 Å². The van der Waals surface area contributed by atoms with Gasteiger partial charge in [0.2, 0.25) is 5.91 Å². The van der Waals surface area contributed by atoms with E-state index in [1.54, 1.807) is 11.3 Å². The summed E-state index contributed by atoms with van der Waals surface area (Å²) in [6.45, 7) is 2.24. The molecule has 2 aromatic heterocycles. The maximum atomic E-state index is 12.3. The Labute approximate surface area is 166 Å². The van der Waals surface area contributed by atoms with Crippen molar-refractivity contribution in [2.75, 3.05) is 29.1 Å². The van der Waals surface area contributed by atoms with Crippen molar-refractivity contribution in [2.45, 2.75) is 18.0 Å². The number of carbonyl (C=O) groups excluding carboxylic acids is 1. The van der Waals surface area contributed by atoms with Gasteiger partial charge in [-0.15, -0.1) is 21.5 Å². The van der Waals surface area contributed by atoms with E-state index in [2.05, 4.69) is 32.5 Å². The summed E-state index contributed by atoms with van der Waals surface area (Å²) in [5.74, 6) is 1.07. The number of aromatic nitrogens is 3. The third kappa shape index (κ3) is 4.17. The number of hydrogen-bond acceptors (Lipinski definition) is 6. The van der Waals surface area contributed by atoms with Gasteiger partial charge >= 0.3 is 0 Å². The molecule has 0 bridgehead atoms. The van der Waals surface area contributed by atoms with Gasteiger partial charge in [-0.25, -0.2) is 0 Å². The molecule has 0 radical (unpaired) electrons. The molecule has 0 aliphatic carbocycles.